The van der Waals surface area contributed by atoms with Crippen LogP contribution in [0.2, 0.25) is 0 Å². The van der Waals surface area contributed by atoms with Gasteiger partial charge in [0, 0.05) is 6.42 Å². The monoisotopic (exact) mass is 194 g/mol. The summed E-state index contributed by atoms with van der Waals surface area (Å²) in [5.41, 5.74) is 2.56. The minimum Gasteiger partial charge on any atom is -0.287 e. The highest BCUT2D eigenvalue weighted by molar-refractivity contribution is 8.13. The van der Waals surface area contributed by atoms with Gasteiger partial charge in [0.15, 0.2) is 5.12 Å². The Bertz CT molecular complexity index is 294. The Labute approximate surface area is 83.5 Å². The van der Waals surface area contributed by atoms with Gasteiger partial charge in [-0.3, -0.25) is 4.79 Å². The van der Waals surface area contributed by atoms with Crippen LogP contribution in [-0.4, -0.2) is 11.4 Å². The standard InChI is InChI=1S/C11H14OS/c1-9-5-3-4-6-10(9)7-8-11(12)13-2/h3-6H,7-8H2,1-2H3. The van der Waals surface area contributed by atoms with Crippen LogP contribution in [0, 0.1) is 6.92 Å². The highest BCUT2D eigenvalue weighted by Gasteiger charge is 2.01. The Kier molecular flexibility index (Phi) is 4.03. The Balaban J connectivity index is 2.54. The number of rotatable bonds is 3. The van der Waals surface area contributed by atoms with Gasteiger partial charge in [0.25, 0.3) is 0 Å². The topological polar surface area (TPSA) is 17.1 Å². The molecule has 0 amide bonds. The van der Waals surface area contributed by atoms with Gasteiger partial charge in [0.1, 0.15) is 0 Å². The summed E-state index contributed by atoms with van der Waals surface area (Å²) in [5.74, 6) is 0. The first-order valence-electron chi connectivity index (χ1n) is 4.35. The van der Waals surface area contributed by atoms with E-state index < -0.39 is 0 Å². The number of aryl methyl sites for hydroxylation is 2. The smallest absolute Gasteiger partial charge is 0.189 e. The molecule has 0 bridgehead atoms. The molecule has 0 fully saturated rings. The molecule has 1 nitrogen and oxygen atoms in total. The van der Waals surface area contributed by atoms with E-state index in [1.807, 2.05) is 18.4 Å². The van der Waals surface area contributed by atoms with Crippen LogP contribution in [0.4, 0.5) is 0 Å². The van der Waals surface area contributed by atoms with E-state index in [1.165, 1.54) is 22.9 Å². The molecule has 0 aromatic heterocycles. The first-order valence-corrected chi connectivity index (χ1v) is 5.58. The van der Waals surface area contributed by atoms with E-state index in [-0.39, 0.29) is 5.12 Å². The first kappa shape index (κ1) is 10.3. The van der Waals surface area contributed by atoms with Gasteiger partial charge in [-0.15, -0.1) is 0 Å². The molecule has 70 valence electrons. The molecule has 0 aliphatic carbocycles. The Hall–Kier alpha value is -0.760. The predicted molar refractivity (Wildman–Crippen MR) is 58.0 cm³/mol. The fourth-order valence-electron chi connectivity index (χ4n) is 1.23. The van der Waals surface area contributed by atoms with Crippen molar-refractivity contribution in [2.24, 2.45) is 0 Å². The van der Waals surface area contributed by atoms with Crippen molar-refractivity contribution >= 4 is 16.9 Å². The minimum atomic E-state index is 0.267. The lowest BCUT2D eigenvalue weighted by molar-refractivity contribution is -0.110. The van der Waals surface area contributed by atoms with Crippen molar-refractivity contribution in [2.45, 2.75) is 19.8 Å². The summed E-state index contributed by atoms with van der Waals surface area (Å²) in [7, 11) is 0. The van der Waals surface area contributed by atoms with Crippen LogP contribution in [0.1, 0.15) is 17.5 Å². The van der Waals surface area contributed by atoms with E-state index in [4.69, 9.17) is 0 Å². The van der Waals surface area contributed by atoms with E-state index in [9.17, 15) is 4.79 Å². The molecule has 0 radical (unpaired) electrons. The molecule has 0 unspecified atom stereocenters. The quantitative estimate of drug-likeness (QED) is 0.736. The first-order chi connectivity index (χ1) is 6.24. The van der Waals surface area contributed by atoms with Crippen LogP contribution in [-0.2, 0) is 11.2 Å². The van der Waals surface area contributed by atoms with E-state index >= 15 is 0 Å². The van der Waals surface area contributed by atoms with Crippen molar-refractivity contribution in [2.75, 3.05) is 6.26 Å². The molecule has 0 spiro atoms. The van der Waals surface area contributed by atoms with Crippen LogP contribution in [0.25, 0.3) is 0 Å². The van der Waals surface area contributed by atoms with Gasteiger partial charge in [0.05, 0.1) is 0 Å². The number of benzene rings is 1. The minimum absolute atomic E-state index is 0.267. The van der Waals surface area contributed by atoms with Crippen molar-refractivity contribution in [3.05, 3.63) is 35.4 Å². The summed E-state index contributed by atoms with van der Waals surface area (Å²) >= 11 is 1.31. The summed E-state index contributed by atoms with van der Waals surface area (Å²) in [4.78, 5) is 11.1. The molecular weight excluding hydrogens is 180 g/mol. The molecule has 13 heavy (non-hydrogen) atoms. The second kappa shape index (κ2) is 5.07. The third-order valence-electron chi connectivity index (χ3n) is 2.09. The number of carbonyl (C=O) groups excluding carboxylic acids is 1. The molecule has 1 aromatic rings. The van der Waals surface area contributed by atoms with Crippen molar-refractivity contribution in [3.63, 3.8) is 0 Å². The van der Waals surface area contributed by atoms with Crippen LogP contribution >= 0.6 is 11.8 Å². The molecule has 0 aliphatic heterocycles. The summed E-state index contributed by atoms with van der Waals surface area (Å²) in [6.07, 6.45) is 3.35. The molecule has 0 N–H and O–H groups in total. The lowest BCUT2D eigenvalue weighted by Gasteiger charge is -2.03. The van der Waals surface area contributed by atoms with E-state index in [0.717, 1.165) is 6.42 Å². The third kappa shape index (κ3) is 3.23. The molecule has 0 atom stereocenters. The fourth-order valence-corrected chi connectivity index (χ4v) is 1.54. The SMILES string of the molecule is CSC(=O)CCc1ccccc1C. The zero-order valence-corrected chi connectivity index (χ0v) is 8.86. The number of hydrogen-bond acceptors (Lipinski definition) is 2. The predicted octanol–water partition coefficient (Wildman–Crippen LogP) is 2.82. The van der Waals surface area contributed by atoms with Gasteiger partial charge < -0.3 is 0 Å². The zero-order valence-electron chi connectivity index (χ0n) is 8.04. The summed E-state index contributed by atoms with van der Waals surface area (Å²) in [5, 5.41) is 0.267. The maximum atomic E-state index is 11.1. The maximum absolute atomic E-state index is 11.1. The third-order valence-corrected chi connectivity index (χ3v) is 2.75. The lowest BCUT2D eigenvalue weighted by Crippen LogP contribution is -1.95. The van der Waals surface area contributed by atoms with E-state index in [2.05, 4.69) is 19.1 Å². The van der Waals surface area contributed by atoms with E-state index in [0.29, 0.717) is 6.42 Å². The Morgan fingerprint density at radius 1 is 1.38 bits per heavy atom. The van der Waals surface area contributed by atoms with Crippen LogP contribution in [0.5, 0.6) is 0 Å². The van der Waals surface area contributed by atoms with Gasteiger partial charge in [-0.1, -0.05) is 36.0 Å². The molecule has 1 rings (SSSR count). The average Bonchev–Trinajstić information content (AvgIpc) is 2.16. The highest BCUT2D eigenvalue weighted by atomic mass is 32.2. The van der Waals surface area contributed by atoms with Gasteiger partial charge in [-0.25, -0.2) is 0 Å². The molecule has 0 saturated carbocycles. The van der Waals surface area contributed by atoms with Crippen molar-refractivity contribution in [3.8, 4) is 0 Å². The molecule has 0 heterocycles. The number of carbonyl (C=O) groups is 1. The van der Waals surface area contributed by atoms with E-state index in [1.54, 1.807) is 0 Å². The van der Waals surface area contributed by atoms with Crippen LogP contribution in [0.15, 0.2) is 24.3 Å². The summed E-state index contributed by atoms with van der Waals surface area (Å²) < 4.78 is 0. The average molecular weight is 194 g/mol. The van der Waals surface area contributed by atoms with Crippen molar-refractivity contribution in [1.82, 2.24) is 0 Å². The van der Waals surface area contributed by atoms with Crippen molar-refractivity contribution in [1.29, 1.82) is 0 Å². The van der Waals surface area contributed by atoms with Gasteiger partial charge in [-0.2, -0.15) is 0 Å². The maximum Gasteiger partial charge on any atom is 0.189 e. The zero-order chi connectivity index (χ0) is 9.68. The molecule has 0 saturated heterocycles. The van der Waals surface area contributed by atoms with Gasteiger partial charge in [0.2, 0.25) is 0 Å². The van der Waals surface area contributed by atoms with Gasteiger partial charge in [-0.05, 0) is 30.7 Å². The van der Waals surface area contributed by atoms with Crippen molar-refractivity contribution < 1.29 is 4.79 Å². The summed E-state index contributed by atoms with van der Waals surface area (Å²) in [6.45, 7) is 2.08. The number of hydrogen-bond donors (Lipinski definition) is 0. The Morgan fingerprint density at radius 3 is 2.69 bits per heavy atom. The number of thioether (sulfide) groups is 1. The Morgan fingerprint density at radius 2 is 2.08 bits per heavy atom. The largest absolute Gasteiger partial charge is 0.287 e. The normalized spacial score (nSPS) is 10.0. The second-order valence-electron chi connectivity index (χ2n) is 3.00. The second-order valence-corrected chi connectivity index (χ2v) is 3.87. The molecule has 1 aromatic carbocycles. The molecular formula is C11H14OS. The summed E-state index contributed by atoms with van der Waals surface area (Å²) in [6, 6.07) is 8.21. The fraction of sp³-hybridized carbons (Fsp3) is 0.364. The lowest BCUT2D eigenvalue weighted by atomic mass is 10.0. The van der Waals surface area contributed by atoms with Crippen LogP contribution in [0.3, 0.4) is 0 Å². The molecule has 0 aliphatic rings. The van der Waals surface area contributed by atoms with Crippen LogP contribution < -0.4 is 0 Å². The molecule has 2 heteroatoms. The highest BCUT2D eigenvalue weighted by Crippen LogP contribution is 2.11. The van der Waals surface area contributed by atoms with Gasteiger partial charge >= 0.3 is 0 Å².